The summed E-state index contributed by atoms with van der Waals surface area (Å²) in [6.45, 7) is 2.33. The number of nitrogens with zero attached hydrogens (tertiary/aromatic N) is 2. The van der Waals surface area contributed by atoms with Gasteiger partial charge < -0.3 is 4.84 Å². The molecule has 0 aromatic carbocycles. The molecule has 0 saturated carbocycles. The van der Waals surface area contributed by atoms with E-state index in [1.54, 1.807) is 6.07 Å². The van der Waals surface area contributed by atoms with Gasteiger partial charge in [0.1, 0.15) is 12.7 Å². The molecule has 0 aliphatic carbocycles. The molecule has 0 fully saturated rings. The molecular formula is C6H8N2O2. The summed E-state index contributed by atoms with van der Waals surface area (Å²) in [5.41, 5.74) is -0.228. The third-order valence-electron chi connectivity index (χ3n) is 0.684. The van der Waals surface area contributed by atoms with E-state index in [1.807, 2.05) is 6.92 Å². The molecule has 0 radical (unpaired) electrons. The smallest absolute Gasteiger partial charge is 0.219 e. The summed E-state index contributed by atoms with van der Waals surface area (Å²) in [7, 11) is 0. The van der Waals surface area contributed by atoms with Crippen LogP contribution in [-0.2, 0) is 9.63 Å². The first-order valence-corrected chi connectivity index (χ1v) is 2.90. The number of oxime groups is 1. The molecule has 0 N–H and O–H groups in total. The maximum absolute atomic E-state index is 9.90. The number of aldehydes is 1. The SMILES string of the molecule is CCCON=C(C#N)C=O. The van der Waals surface area contributed by atoms with Crippen LogP contribution in [0, 0.1) is 11.3 Å². The van der Waals surface area contributed by atoms with Crippen molar-refractivity contribution >= 4 is 12.0 Å². The number of carbonyl (C=O) groups excluding carboxylic acids is 1. The van der Waals surface area contributed by atoms with Crippen LogP contribution in [0.1, 0.15) is 13.3 Å². The van der Waals surface area contributed by atoms with Crippen molar-refractivity contribution in [1.82, 2.24) is 0 Å². The van der Waals surface area contributed by atoms with E-state index in [4.69, 9.17) is 5.26 Å². The predicted octanol–water partition coefficient (Wildman–Crippen LogP) is 0.491. The van der Waals surface area contributed by atoms with Gasteiger partial charge in [-0.3, -0.25) is 4.79 Å². The van der Waals surface area contributed by atoms with E-state index >= 15 is 0 Å². The lowest BCUT2D eigenvalue weighted by Crippen LogP contribution is -1.97. The summed E-state index contributed by atoms with van der Waals surface area (Å²) < 4.78 is 0. The molecule has 10 heavy (non-hydrogen) atoms. The number of hydrogen-bond donors (Lipinski definition) is 0. The van der Waals surface area contributed by atoms with E-state index in [-0.39, 0.29) is 5.71 Å². The minimum Gasteiger partial charge on any atom is -0.395 e. The second-order valence-electron chi connectivity index (χ2n) is 1.54. The monoisotopic (exact) mass is 140 g/mol. The van der Waals surface area contributed by atoms with Crippen molar-refractivity contribution < 1.29 is 9.63 Å². The van der Waals surface area contributed by atoms with E-state index < -0.39 is 0 Å². The molecule has 0 saturated heterocycles. The molecule has 0 unspecified atom stereocenters. The fraction of sp³-hybridized carbons (Fsp3) is 0.500. The highest BCUT2D eigenvalue weighted by Gasteiger charge is 1.91. The fourth-order valence-electron chi connectivity index (χ4n) is 0.275. The molecule has 0 rings (SSSR count). The van der Waals surface area contributed by atoms with Crippen molar-refractivity contribution in [1.29, 1.82) is 5.26 Å². The molecule has 0 aliphatic heterocycles. The summed E-state index contributed by atoms with van der Waals surface area (Å²) in [6, 6.07) is 1.57. The topological polar surface area (TPSA) is 62.4 Å². The number of carbonyl (C=O) groups is 1. The maximum Gasteiger partial charge on any atom is 0.219 e. The number of hydrogen-bond acceptors (Lipinski definition) is 4. The highest BCUT2D eigenvalue weighted by molar-refractivity contribution is 6.35. The van der Waals surface area contributed by atoms with Crippen molar-refractivity contribution in [2.75, 3.05) is 6.61 Å². The summed E-state index contributed by atoms with van der Waals surface area (Å²) in [5, 5.41) is 11.4. The molecule has 0 aromatic heterocycles. The Labute approximate surface area is 59.1 Å². The molecule has 0 amide bonds. The Morgan fingerprint density at radius 3 is 3.00 bits per heavy atom. The van der Waals surface area contributed by atoms with Crippen LogP contribution < -0.4 is 0 Å². The normalized spacial score (nSPS) is 10.2. The lowest BCUT2D eigenvalue weighted by atomic mass is 10.5. The Morgan fingerprint density at radius 2 is 2.60 bits per heavy atom. The Hall–Kier alpha value is -1.37. The molecule has 4 nitrogen and oxygen atoms in total. The molecule has 0 bridgehead atoms. The third-order valence-corrected chi connectivity index (χ3v) is 0.684. The van der Waals surface area contributed by atoms with Gasteiger partial charge in [-0.05, 0) is 6.42 Å². The minimum absolute atomic E-state index is 0.228. The standard InChI is InChI=1S/C6H8N2O2/c1-2-3-10-8-6(4-7)5-9/h5H,2-3H2,1H3. The largest absolute Gasteiger partial charge is 0.395 e. The molecule has 0 atom stereocenters. The van der Waals surface area contributed by atoms with E-state index in [2.05, 4.69) is 9.99 Å². The first kappa shape index (κ1) is 8.63. The second kappa shape index (κ2) is 5.76. The quantitative estimate of drug-likeness (QED) is 0.247. The zero-order chi connectivity index (χ0) is 7.82. The Kier molecular flexibility index (Phi) is 4.97. The Bertz CT molecular complexity index is 169. The summed E-state index contributed by atoms with van der Waals surface area (Å²) in [6.07, 6.45) is 1.16. The predicted molar refractivity (Wildman–Crippen MR) is 35.4 cm³/mol. The van der Waals surface area contributed by atoms with Crippen LogP contribution in [-0.4, -0.2) is 18.6 Å². The Morgan fingerprint density at radius 1 is 1.90 bits per heavy atom. The van der Waals surface area contributed by atoms with Crippen LogP contribution in [0.4, 0.5) is 0 Å². The van der Waals surface area contributed by atoms with Crippen LogP contribution in [0.25, 0.3) is 0 Å². The zero-order valence-electron chi connectivity index (χ0n) is 5.70. The zero-order valence-corrected chi connectivity index (χ0v) is 5.70. The highest BCUT2D eigenvalue weighted by Crippen LogP contribution is 1.81. The first-order valence-electron chi connectivity index (χ1n) is 2.90. The first-order chi connectivity index (χ1) is 4.85. The van der Waals surface area contributed by atoms with E-state index in [0.717, 1.165) is 6.42 Å². The fourth-order valence-corrected chi connectivity index (χ4v) is 0.275. The van der Waals surface area contributed by atoms with Crippen molar-refractivity contribution in [3.05, 3.63) is 0 Å². The van der Waals surface area contributed by atoms with Crippen LogP contribution >= 0.6 is 0 Å². The lowest BCUT2D eigenvalue weighted by molar-refractivity contribution is -0.102. The van der Waals surface area contributed by atoms with Gasteiger partial charge in [0.05, 0.1) is 0 Å². The molecule has 0 spiro atoms. The van der Waals surface area contributed by atoms with Gasteiger partial charge in [0.2, 0.25) is 5.71 Å². The Balaban J connectivity index is 3.67. The van der Waals surface area contributed by atoms with Gasteiger partial charge in [0.15, 0.2) is 6.29 Å². The van der Waals surface area contributed by atoms with Crippen molar-refractivity contribution in [2.24, 2.45) is 5.16 Å². The van der Waals surface area contributed by atoms with Crippen LogP contribution in [0.15, 0.2) is 5.16 Å². The van der Waals surface area contributed by atoms with Crippen molar-refractivity contribution in [3.8, 4) is 6.07 Å². The van der Waals surface area contributed by atoms with Gasteiger partial charge in [0.25, 0.3) is 0 Å². The molecular weight excluding hydrogens is 132 g/mol. The lowest BCUT2D eigenvalue weighted by Gasteiger charge is -1.91. The van der Waals surface area contributed by atoms with E-state index in [9.17, 15) is 4.79 Å². The minimum atomic E-state index is -0.228. The molecule has 0 aromatic rings. The summed E-state index contributed by atoms with van der Waals surface area (Å²) in [5.74, 6) is 0. The van der Waals surface area contributed by atoms with E-state index in [1.165, 1.54) is 0 Å². The third kappa shape index (κ3) is 3.61. The molecule has 0 aliphatic rings. The average Bonchev–Trinajstić information content (AvgIpc) is 1.99. The second-order valence-corrected chi connectivity index (χ2v) is 1.54. The van der Waals surface area contributed by atoms with Gasteiger partial charge >= 0.3 is 0 Å². The maximum atomic E-state index is 9.90. The van der Waals surface area contributed by atoms with Gasteiger partial charge in [-0.2, -0.15) is 5.26 Å². The van der Waals surface area contributed by atoms with Crippen LogP contribution in [0.3, 0.4) is 0 Å². The summed E-state index contributed by atoms with van der Waals surface area (Å²) in [4.78, 5) is 14.5. The van der Waals surface area contributed by atoms with Crippen LogP contribution in [0.5, 0.6) is 0 Å². The van der Waals surface area contributed by atoms with Gasteiger partial charge in [-0.25, -0.2) is 0 Å². The molecule has 54 valence electrons. The number of rotatable bonds is 4. The average molecular weight is 140 g/mol. The van der Waals surface area contributed by atoms with Gasteiger partial charge in [0, 0.05) is 0 Å². The number of nitriles is 1. The van der Waals surface area contributed by atoms with E-state index in [0.29, 0.717) is 12.9 Å². The van der Waals surface area contributed by atoms with Crippen molar-refractivity contribution in [3.63, 3.8) is 0 Å². The molecule has 0 heterocycles. The van der Waals surface area contributed by atoms with Crippen molar-refractivity contribution in [2.45, 2.75) is 13.3 Å². The van der Waals surface area contributed by atoms with Crippen LogP contribution in [0.2, 0.25) is 0 Å². The van der Waals surface area contributed by atoms with Gasteiger partial charge in [-0.15, -0.1) is 0 Å². The highest BCUT2D eigenvalue weighted by atomic mass is 16.6. The van der Waals surface area contributed by atoms with Gasteiger partial charge in [-0.1, -0.05) is 12.1 Å². The summed E-state index contributed by atoms with van der Waals surface area (Å²) >= 11 is 0. The molecule has 4 heteroatoms.